The number of rotatable bonds is 5. The van der Waals surface area contributed by atoms with Crippen molar-refractivity contribution in [3.05, 3.63) is 66.1 Å². The van der Waals surface area contributed by atoms with Gasteiger partial charge in [0.25, 0.3) is 5.91 Å². The second-order valence-corrected chi connectivity index (χ2v) is 7.84. The number of anilines is 3. The molecule has 0 radical (unpaired) electrons. The number of thiazole rings is 1. The maximum atomic E-state index is 12.3. The Morgan fingerprint density at radius 1 is 1.27 bits per heavy atom. The fourth-order valence-corrected chi connectivity index (χ4v) is 4.01. The van der Waals surface area contributed by atoms with E-state index >= 15 is 0 Å². The highest BCUT2D eigenvalue weighted by Gasteiger charge is 2.25. The molecule has 7 nitrogen and oxygen atoms in total. The van der Waals surface area contributed by atoms with Crippen LogP contribution in [0.3, 0.4) is 0 Å². The minimum atomic E-state index is -0.358. The molecule has 2 heterocycles. The lowest BCUT2D eigenvalue weighted by molar-refractivity contribution is -0.121. The Kier molecular flexibility index (Phi) is 5.49. The Labute approximate surface area is 178 Å². The van der Waals surface area contributed by atoms with Crippen LogP contribution in [-0.2, 0) is 4.79 Å². The quantitative estimate of drug-likeness (QED) is 0.588. The highest BCUT2D eigenvalue weighted by atomic mass is 32.1. The molecule has 0 saturated heterocycles. The van der Waals surface area contributed by atoms with Gasteiger partial charge in [-0.25, -0.2) is 9.78 Å². The zero-order valence-electron chi connectivity index (χ0n) is 16.3. The van der Waals surface area contributed by atoms with Crippen LogP contribution in [0.15, 0.2) is 61.2 Å². The summed E-state index contributed by atoms with van der Waals surface area (Å²) in [4.78, 5) is 31.7. The number of aryl methyl sites for hydroxylation is 1. The number of amides is 3. The van der Waals surface area contributed by atoms with Gasteiger partial charge in [0.1, 0.15) is 5.75 Å². The van der Waals surface area contributed by atoms with Crippen LogP contribution in [-0.4, -0.2) is 30.1 Å². The third-order valence-electron chi connectivity index (χ3n) is 4.54. The van der Waals surface area contributed by atoms with Crippen molar-refractivity contribution in [2.45, 2.75) is 6.92 Å². The summed E-state index contributed by atoms with van der Waals surface area (Å²) in [5, 5.41) is 6.04. The summed E-state index contributed by atoms with van der Waals surface area (Å²) >= 11 is 1.39. The molecule has 3 amide bonds. The first-order valence-corrected chi connectivity index (χ1v) is 10.2. The minimum Gasteiger partial charge on any atom is -0.482 e. The third kappa shape index (κ3) is 4.04. The molecule has 1 aliphatic heterocycles. The fraction of sp³-hybridized carbons (Fsp3) is 0.136. The fourth-order valence-electron chi connectivity index (χ4n) is 3.18. The van der Waals surface area contributed by atoms with Gasteiger partial charge in [-0.15, -0.1) is 17.9 Å². The highest BCUT2D eigenvalue weighted by molar-refractivity contribution is 7.16. The number of carbonyl (C=O) groups is 2. The third-order valence-corrected chi connectivity index (χ3v) is 5.42. The summed E-state index contributed by atoms with van der Waals surface area (Å²) in [6.45, 7) is 6.08. The molecule has 2 aromatic carbocycles. The Morgan fingerprint density at radius 2 is 2.07 bits per heavy atom. The van der Waals surface area contributed by atoms with E-state index in [1.165, 1.54) is 11.3 Å². The summed E-state index contributed by atoms with van der Waals surface area (Å²) in [5.74, 6) is 0.531. The number of urea groups is 1. The van der Waals surface area contributed by atoms with Crippen molar-refractivity contribution >= 4 is 39.8 Å². The van der Waals surface area contributed by atoms with Crippen LogP contribution < -0.4 is 20.3 Å². The van der Waals surface area contributed by atoms with Crippen molar-refractivity contribution in [1.29, 1.82) is 0 Å². The van der Waals surface area contributed by atoms with Crippen molar-refractivity contribution in [2.75, 3.05) is 28.7 Å². The lowest BCUT2D eigenvalue weighted by Crippen LogP contribution is -2.38. The van der Waals surface area contributed by atoms with E-state index in [0.29, 0.717) is 28.8 Å². The topological polar surface area (TPSA) is 83.6 Å². The molecule has 2 N–H and O–H groups in total. The summed E-state index contributed by atoms with van der Waals surface area (Å²) in [5.41, 5.74) is 2.97. The number of ether oxygens (including phenoxy) is 1. The van der Waals surface area contributed by atoms with Crippen LogP contribution >= 0.6 is 11.3 Å². The van der Waals surface area contributed by atoms with Gasteiger partial charge in [-0.3, -0.25) is 10.1 Å². The van der Waals surface area contributed by atoms with Gasteiger partial charge in [-0.05, 0) is 37.3 Å². The molecule has 1 aliphatic rings. The molecule has 1 aromatic heterocycles. The number of nitrogens with zero attached hydrogens (tertiary/aromatic N) is 2. The number of carbonyl (C=O) groups excluding carboxylic acids is 2. The van der Waals surface area contributed by atoms with Gasteiger partial charge in [0.05, 0.1) is 11.4 Å². The molecule has 8 heteroatoms. The van der Waals surface area contributed by atoms with E-state index in [2.05, 4.69) is 22.2 Å². The molecule has 0 saturated carbocycles. The summed E-state index contributed by atoms with van der Waals surface area (Å²) in [6.07, 6.45) is 1.68. The lowest BCUT2D eigenvalue weighted by atomic mass is 10.1. The SMILES string of the molecule is C=CCN1C(=O)COc2ccc(-c3nc(NC(=O)Nc4ccccc4)sc3C)cc21. The first-order chi connectivity index (χ1) is 14.5. The second kappa shape index (κ2) is 8.38. The predicted octanol–water partition coefficient (Wildman–Crippen LogP) is 4.67. The van der Waals surface area contributed by atoms with Gasteiger partial charge in [0.15, 0.2) is 11.7 Å². The van der Waals surface area contributed by atoms with Crippen LogP contribution in [0.1, 0.15) is 4.88 Å². The number of aromatic nitrogens is 1. The van der Waals surface area contributed by atoms with Gasteiger partial charge in [-0.2, -0.15) is 0 Å². The Hall–Kier alpha value is -3.65. The number of hydrogen-bond donors (Lipinski definition) is 2. The van der Waals surface area contributed by atoms with Crippen LogP contribution in [0.4, 0.5) is 21.3 Å². The summed E-state index contributed by atoms with van der Waals surface area (Å²) in [7, 11) is 0. The van der Waals surface area contributed by atoms with E-state index in [0.717, 1.165) is 16.1 Å². The van der Waals surface area contributed by atoms with E-state index in [-0.39, 0.29) is 18.5 Å². The highest BCUT2D eigenvalue weighted by Crippen LogP contribution is 2.38. The number of fused-ring (bicyclic) bond motifs is 1. The molecule has 0 unspecified atom stereocenters. The van der Waals surface area contributed by atoms with E-state index in [1.54, 1.807) is 11.0 Å². The Bertz CT molecular complexity index is 1110. The lowest BCUT2D eigenvalue weighted by Gasteiger charge is -2.28. The van der Waals surface area contributed by atoms with Crippen LogP contribution in [0, 0.1) is 6.92 Å². The monoisotopic (exact) mass is 420 g/mol. The van der Waals surface area contributed by atoms with E-state index < -0.39 is 0 Å². The normalized spacial score (nSPS) is 12.7. The second-order valence-electron chi connectivity index (χ2n) is 6.63. The van der Waals surface area contributed by atoms with Crippen molar-refractivity contribution < 1.29 is 14.3 Å². The Morgan fingerprint density at radius 3 is 2.83 bits per heavy atom. The summed E-state index contributed by atoms with van der Waals surface area (Å²) < 4.78 is 5.54. The van der Waals surface area contributed by atoms with Gasteiger partial charge < -0.3 is 15.0 Å². The largest absolute Gasteiger partial charge is 0.482 e. The van der Waals surface area contributed by atoms with E-state index in [9.17, 15) is 9.59 Å². The zero-order chi connectivity index (χ0) is 21.1. The molecule has 0 atom stereocenters. The maximum Gasteiger partial charge on any atom is 0.325 e. The molecule has 0 spiro atoms. The molecule has 0 fully saturated rings. The molecule has 0 bridgehead atoms. The average Bonchev–Trinajstić information content (AvgIpc) is 3.10. The molecule has 4 rings (SSSR count). The molecule has 3 aromatic rings. The number of hydrogen-bond acceptors (Lipinski definition) is 5. The zero-order valence-corrected chi connectivity index (χ0v) is 17.2. The molecular weight excluding hydrogens is 400 g/mol. The maximum absolute atomic E-state index is 12.3. The molecule has 30 heavy (non-hydrogen) atoms. The van der Waals surface area contributed by atoms with Crippen molar-refractivity contribution in [1.82, 2.24) is 4.98 Å². The van der Waals surface area contributed by atoms with Gasteiger partial charge in [-0.1, -0.05) is 24.3 Å². The minimum absolute atomic E-state index is 0.0144. The van der Waals surface area contributed by atoms with Gasteiger partial charge in [0.2, 0.25) is 0 Å². The Balaban J connectivity index is 1.57. The van der Waals surface area contributed by atoms with Crippen molar-refractivity contribution in [2.24, 2.45) is 0 Å². The van der Waals surface area contributed by atoms with Crippen LogP contribution in [0.2, 0.25) is 0 Å². The van der Waals surface area contributed by atoms with Crippen molar-refractivity contribution in [3.8, 4) is 17.0 Å². The van der Waals surface area contributed by atoms with Gasteiger partial charge in [0, 0.05) is 22.7 Å². The van der Waals surface area contributed by atoms with Crippen molar-refractivity contribution in [3.63, 3.8) is 0 Å². The van der Waals surface area contributed by atoms with Gasteiger partial charge >= 0.3 is 6.03 Å². The number of para-hydroxylation sites is 1. The van der Waals surface area contributed by atoms with E-state index in [4.69, 9.17) is 4.74 Å². The number of benzene rings is 2. The smallest absolute Gasteiger partial charge is 0.325 e. The number of nitrogens with one attached hydrogen (secondary N) is 2. The molecule has 0 aliphatic carbocycles. The summed E-state index contributed by atoms with van der Waals surface area (Å²) in [6, 6.07) is 14.5. The first kappa shape index (κ1) is 19.7. The average molecular weight is 420 g/mol. The van der Waals surface area contributed by atoms with Crippen LogP contribution in [0.25, 0.3) is 11.3 Å². The first-order valence-electron chi connectivity index (χ1n) is 9.34. The predicted molar refractivity (Wildman–Crippen MR) is 119 cm³/mol. The van der Waals surface area contributed by atoms with E-state index in [1.807, 2.05) is 55.5 Å². The van der Waals surface area contributed by atoms with Crippen LogP contribution in [0.5, 0.6) is 5.75 Å². The molecular formula is C22H20N4O3S. The standard InChI is InChI=1S/C22H20N4O3S/c1-3-11-26-17-12-15(9-10-18(17)29-13-19(26)27)20-14(2)30-22(24-20)25-21(28)23-16-7-5-4-6-8-16/h3-10,12H,1,11,13H2,2H3,(H2,23,24,25,28). The molecule has 152 valence electrons.